The van der Waals surface area contributed by atoms with Crippen molar-refractivity contribution in [1.82, 2.24) is 5.32 Å². The molecule has 1 saturated heterocycles. The van der Waals surface area contributed by atoms with E-state index in [1.54, 1.807) is 16.4 Å². The second kappa shape index (κ2) is 8.01. The van der Waals surface area contributed by atoms with Gasteiger partial charge in [0.25, 0.3) is 10.0 Å². The molecule has 3 aliphatic rings. The highest BCUT2D eigenvalue weighted by atomic mass is 32.2. The first-order chi connectivity index (χ1) is 14.5. The maximum Gasteiger partial charge on any atom is 0.264 e. The van der Waals surface area contributed by atoms with Crippen LogP contribution in [0.4, 0.5) is 5.69 Å². The van der Waals surface area contributed by atoms with E-state index in [0.29, 0.717) is 17.4 Å². The molecular formula is C25H32N2O2S. The van der Waals surface area contributed by atoms with E-state index in [1.165, 1.54) is 56.3 Å². The second-order valence-electron chi connectivity index (χ2n) is 9.40. The molecule has 160 valence electrons. The lowest BCUT2D eigenvalue weighted by Gasteiger charge is -2.22. The largest absolute Gasteiger partial charge is 0.317 e. The monoisotopic (exact) mass is 424 g/mol. The Kier molecular flexibility index (Phi) is 5.36. The maximum atomic E-state index is 13.1. The van der Waals surface area contributed by atoms with E-state index in [2.05, 4.69) is 17.4 Å². The predicted molar refractivity (Wildman–Crippen MR) is 122 cm³/mol. The summed E-state index contributed by atoms with van der Waals surface area (Å²) >= 11 is 0. The first-order valence-corrected chi connectivity index (χ1v) is 12.9. The van der Waals surface area contributed by atoms with Crippen LogP contribution in [0, 0.1) is 18.8 Å². The molecule has 1 aliphatic carbocycles. The van der Waals surface area contributed by atoms with Gasteiger partial charge in [0.2, 0.25) is 0 Å². The summed E-state index contributed by atoms with van der Waals surface area (Å²) in [5.41, 5.74) is 4.54. The molecule has 4 nitrogen and oxygen atoms in total. The lowest BCUT2D eigenvalue weighted by molar-refractivity contribution is 0.340. The molecule has 0 radical (unpaired) electrons. The van der Waals surface area contributed by atoms with Crippen LogP contribution in [0.3, 0.4) is 0 Å². The van der Waals surface area contributed by atoms with Gasteiger partial charge >= 0.3 is 0 Å². The lowest BCUT2D eigenvalue weighted by atomic mass is 9.91. The molecule has 2 aromatic carbocycles. The molecule has 2 fully saturated rings. The molecule has 1 saturated carbocycles. The van der Waals surface area contributed by atoms with Crippen molar-refractivity contribution in [3.05, 3.63) is 59.2 Å². The summed E-state index contributed by atoms with van der Waals surface area (Å²) in [6, 6.07) is 13.7. The standard InChI is InChI=1S/C25H32N2O2S/c1-18-2-7-23(8-3-18)30(28,29)27-15-12-22-16-20(6-9-25(22)27)24-17-21(24)5-4-19-10-13-26-14-11-19/h2-3,6-9,16,19,21,24,26H,4-5,10-15,17H2,1H3. The Bertz CT molecular complexity index is 1010. The van der Waals surface area contributed by atoms with Gasteiger partial charge in [-0.3, -0.25) is 4.31 Å². The summed E-state index contributed by atoms with van der Waals surface area (Å²) in [5, 5.41) is 3.46. The van der Waals surface area contributed by atoms with Crippen molar-refractivity contribution < 1.29 is 8.42 Å². The molecule has 0 aromatic heterocycles. The highest BCUT2D eigenvalue weighted by Crippen LogP contribution is 2.51. The molecule has 2 aliphatic heterocycles. The molecule has 30 heavy (non-hydrogen) atoms. The molecule has 1 N–H and O–H groups in total. The average Bonchev–Trinajstić information content (AvgIpc) is 3.41. The van der Waals surface area contributed by atoms with E-state index >= 15 is 0 Å². The second-order valence-corrected chi connectivity index (χ2v) is 11.3. The molecular weight excluding hydrogens is 392 g/mol. The maximum absolute atomic E-state index is 13.1. The summed E-state index contributed by atoms with van der Waals surface area (Å²) in [6.45, 7) is 4.89. The molecule has 2 unspecified atom stereocenters. The van der Waals surface area contributed by atoms with Crippen molar-refractivity contribution >= 4 is 15.7 Å². The molecule has 2 atom stereocenters. The topological polar surface area (TPSA) is 49.4 Å². The molecule has 0 bridgehead atoms. The van der Waals surface area contributed by atoms with Crippen LogP contribution in [-0.2, 0) is 16.4 Å². The first-order valence-electron chi connectivity index (χ1n) is 11.5. The van der Waals surface area contributed by atoms with Gasteiger partial charge in [0.15, 0.2) is 0 Å². The Hall–Kier alpha value is -1.85. The van der Waals surface area contributed by atoms with Crippen molar-refractivity contribution in [2.45, 2.75) is 56.3 Å². The zero-order chi connectivity index (χ0) is 20.7. The van der Waals surface area contributed by atoms with Gasteiger partial charge in [-0.15, -0.1) is 0 Å². The third kappa shape index (κ3) is 3.90. The summed E-state index contributed by atoms with van der Waals surface area (Å²) in [4.78, 5) is 0.380. The summed E-state index contributed by atoms with van der Waals surface area (Å²) < 4.78 is 27.9. The summed E-state index contributed by atoms with van der Waals surface area (Å²) in [7, 11) is -3.49. The highest BCUT2D eigenvalue weighted by molar-refractivity contribution is 7.92. The third-order valence-electron chi connectivity index (χ3n) is 7.32. The summed E-state index contributed by atoms with van der Waals surface area (Å²) in [5.74, 6) is 2.42. The number of aryl methyl sites for hydroxylation is 1. The Balaban J connectivity index is 1.26. The van der Waals surface area contributed by atoms with Gasteiger partial charge in [-0.2, -0.15) is 0 Å². The normalized spacial score (nSPS) is 24.1. The van der Waals surface area contributed by atoms with Crippen LogP contribution in [0.2, 0.25) is 0 Å². The number of hydrogen-bond acceptors (Lipinski definition) is 3. The number of nitrogens with zero attached hydrogens (tertiary/aromatic N) is 1. The van der Waals surface area contributed by atoms with Crippen LogP contribution in [0.25, 0.3) is 0 Å². The van der Waals surface area contributed by atoms with Gasteiger partial charge in [0.05, 0.1) is 10.6 Å². The fourth-order valence-corrected chi connectivity index (χ4v) is 6.81. The third-order valence-corrected chi connectivity index (χ3v) is 9.15. The Morgan fingerprint density at radius 2 is 1.80 bits per heavy atom. The van der Waals surface area contributed by atoms with Crippen molar-refractivity contribution in [3.8, 4) is 0 Å². The van der Waals surface area contributed by atoms with Crippen molar-refractivity contribution in [3.63, 3.8) is 0 Å². The van der Waals surface area contributed by atoms with Crippen LogP contribution in [0.5, 0.6) is 0 Å². The molecule has 2 heterocycles. The number of rotatable bonds is 6. The van der Waals surface area contributed by atoms with Gasteiger partial charge < -0.3 is 5.32 Å². The molecule has 5 heteroatoms. The van der Waals surface area contributed by atoms with Gasteiger partial charge in [0, 0.05) is 6.54 Å². The number of fused-ring (bicyclic) bond motifs is 1. The van der Waals surface area contributed by atoms with Gasteiger partial charge in [0.1, 0.15) is 0 Å². The zero-order valence-corrected chi connectivity index (χ0v) is 18.6. The summed E-state index contributed by atoms with van der Waals surface area (Å²) in [6.07, 6.45) is 7.50. The van der Waals surface area contributed by atoms with Crippen LogP contribution in [0.15, 0.2) is 47.4 Å². The minimum atomic E-state index is -3.49. The smallest absolute Gasteiger partial charge is 0.264 e. The van der Waals surface area contributed by atoms with Crippen molar-refractivity contribution in [2.75, 3.05) is 23.9 Å². The van der Waals surface area contributed by atoms with E-state index in [9.17, 15) is 8.42 Å². The van der Waals surface area contributed by atoms with Gasteiger partial charge in [-0.05, 0) is 99.2 Å². The van der Waals surface area contributed by atoms with Crippen molar-refractivity contribution in [1.29, 1.82) is 0 Å². The van der Waals surface area contributed by atoms with E-state index in [0.717, 1.165) is 29.5 Å². The van der Waals surface area contributed by atoms with E-state index in [1.807, 2.05) is 25.1 Å². The highest BCUT2D eigenvalue weighted by Gasteiger charge is 2.39. The van der Waals surface area contributed by atoms with E-state index in [4.69, 9.17) is 0 Å². The number of piperidine rings is 1. The predicted octanol–water partition coefficient (Wildman–Crippen LogP) is 4.63. The van der Waals surface area contributed by atoms with Crippen LogP contribution in [-0.4, -0.2) is 28.1 Å². The lowest BCUT2D eigenvalue weighted by Crippen LogP contribution is -2.29. The Labute approximate surface area is 180 Å². The fourth-order valence-electron chi connectivity index (χ4n) is 5.30. The number of benzene rings is 2. The molecule has 5 rings (SSSR count). The van der Waals surface area contributed by atoms with E-state index < -0.39 is 10.0 Å². The SMILES string of the molecule is Cc1ccc(S(=O)(=O)N2CCc3cc(C4CC4CCC4CCNCC4)ccc32)cc1. The fraction of sp³-hybridized carbons (Fsp3) is 0.520. The first kappa shape index (κ1) is 20.1. The van der Waals surface area contributed by atoms with Crippen molar-refractivity contribution in [2.24, 2.45) is 11.8 Å². The number of hydrogen-bond donors (Lipinski definition) is 1. The van der Waals surface area contributed by atoms with Crippen LogP contribution >= 0.6 is 0 Å². The van der Waals surface area contributed by atoms with Crippen LogP contribution < -0.4 is 9.62 Å². The molecule has 0 amide bonds. The molecule has 2 aromatic rings. The van der Waals surface area contributed by atoms with Gasteiger partial charge in [-0.25, -0.2) is 8.42 Å². The number of sulfonamides is 1. The van der Waals surface area contributed by atoms with E-state index in [-0.39, 0.29) is 0 Å². The van der Waals surface area contributed by atoms with Gasteiger partial charge in [-0.1, -0.05) is 36.2 Å². The van der Waals surface area contributed by atoms with Crippen LogP contribution in [0.1, 0.15) is 54.7 Å². The minimum absolute atomic E-state index is 0.380. The quantitative estimate of drug-likeness (QED) is 0.736. The Morgan fingerprint density at radius 1 is 1.03 bits per heavy atom. The number of anilines is 1. The zero-order valence-electron chi connectivity index (χ0n) is 17.8. The number of nitrogens with one attached hydrogen (secondary N) is 1. The average molecular weight is 425 g/mol. The Morgan fingerprint density at radius 3 is 2.57 bits per heavy atom. The minimum Gasteiger partial charge on any atom is -0.317 e. The molecule has 0 spiro atoms.